The first-order valence-electron chi connectivity index (χ1n) is 7.58. The van der Waals surface area contributed by atoms with Gasteiger partial charge in [0.15, 0.2) is 0 Å². The summed E-state index contributed by atoms with van der Waals surface area (Å²) in [5, 5.41) is 1.92. The maximum Gasteiger partial charge on any atom is 0.138 e. The lowest BCUT2D eigenvalue weighted by molar-refractivity contribution is 0.212. The van der Waals surface area contributed by atoms with Crippen molar-refractivity contribution in [2.24, 2.45) is 0 Å². The molecular weight excluding hydrogens is 371 g/mol. The highest BCUT2D eigenvalue weighted by Gasteiger charge is 2.13. The van der Waals surface area contributed by atoms with Gasteiger partial charge in [-0.2, -0.15) is 0 Å². The zero-order valence-corrected chi connectivity index (χ0v) is 16.0. The summed E-state index contributed by atoms with van der Waals surface area (Å²) in [4.78, 5) is 1.18. The molecule has 2 aromatic carbocycles. The van der Waals surface area contributed by atoms with Gasteiger partial charge in [0.1, 0.15) is 11.9 Å². The molecule has 23 heavy (non-hydrogen) atoms. The molecule has 0 N–H and O–H groups in total. The van der Waals surface area contributed by atoms with E-state index in [0.717, 1.165) is 30.0 Å². The van der Waals surface area contributed by atoms with Gasteiger partial charge in [-0.25, -0.2) is 0 Å². The van der Waals surface area contributed by atoms with Gasteiger partial charge in [0.2, 0.25) is 0 Å². The topological polar surface area (TPSA) is 9.23 Å². The van der Waals surface area contributed by atoms with E-state index < -0.39 is 0 Å². The second-order valence-electron chi connectivity index (χ2n) is 5.22. The molecule has 0 saturated heterocycles. The molecule has 124 valence electrons. The Bertz CT molecular complexity index is 616. The van der Waals surface area contributed by atoms with Crippen molar-refractivity contribution in [1.82, 2.24) is 0 Å². The van der Waals surface area contributed by atoms with E-state index in [0.29, 0.717) is 15.8 Å². The average molecular weight is 390 g/mol. The van der Waals surface area contributed by atoms with Crippen LogP contribution < -0.4 is 4.74 Å². The Morgan fingerprint density at radius 3 is 2.35 bits per heavy atom. The van der Waals surface area contributed by atoms with Gasteiger partial charge >= 0.3 is 0 Å². The van der Waals surface area contributed by atoms with Gasteiger partial charge in [0.05, 0.1) is 5.02 Å². The van der Waals surface area contributed by atoms with Crippen LogP contribution in [0.5, 0.6) is 5.75 Å². The van der Waals surface area contributed by atoms with Crippen molar-refractivity contribution in [2.45, 2.75) is 37.2 Å². The van der Waals surface area contributed by atoms with Crippen LogP contribution in [0.3, 0.4) is 0 Å². The second kappa shape index (κ2) is 9.68. The summed E-state index contributed by atoms with van der Waals surface area (Å²) in [6, 6.07) is 13.2. The molecule has 0 aliphatic heterocycles. The lowest BCUT2D eigenvalue weighted by Gasteiger charge is -2.19. The van der Waals surface area contributed by atoms with E-state index in [-0.39, 0.29) is 6.10 Å². The molecule has 0 spiro atoms. The molecular formula is C18H19Cl3OS. The number of rotatable bonds is 8. The highest BCUT2D eigenvalue weighted by atomic mass is 35.5. The molecule has 0 aliphatic rings. The smallest absolute Gasteiger partial charge is 0.138 e. The van der Waals surface area contributed by atoms with Crippen LogP contribution >= 0.6 is 46.6 Å². The Kier molecular flexibility index (Phi) is 7.91. The SMILES string of the molecule is CCCCC(CSc1ccc(Cl)cc1)Oc1ccc(Cl)cc1Cl. The summed E-state index contributed by atoms with van der Waals surface area (Å²) in [6.07, 6.45) is 3.36. The van der Waals surface area contributed by atoms with Crippen LogP contribution in [0.15, 0.2) is 47.4 Å². The van der Waals surface area contributed by atoms with Crippen molar-refractivity contribution < 1.29 is 4.74 Å². The molecule has 0 fully saturated rings. The third kappa shape index (κ3) is 6.46. The van der Waals surface area contributed by atoms with Crippen molar-refractivity contribution in [3.8, 4) is 5.75 Å². The molecule has 2 rings (SSSR count). The van der Waals surface area contributed by atoms with Crippen molar-refractivity contribution in [1.29, 1.82) is 0 Å². The van der Waals surface area contributed by atoms with E-state index in [1.54, 1.807) is 23.9 Å². The van der Waals surface area contributed by atoms with Crippen molar-refractivity contribution in [3.63, 3.8) is 0 Å². The lowest BCUT2D eigenvalue weighted by Crippen LogP contribution is -2.19. The van der Waals surface area contributed by atoms with Crippen LogP contribution in [-0.2, 0) is 0 Å². The maximum absolute atomic E-state index is 6.21. The maximum atomic E-state index is 6.21. The van der Waals surface area contributed by atoms with Crippen LogP contribution in [0.2, 0.25) is 15.1 Å². The minimum Gasteiger partial charge on any atom is -0.488 e. The van der Waals surface area contributed by atoms with Gasteiger partial charge in [-0.3, -0.25) is 0 Å². The number of thioether (sulfide) groups is 1. The predicted molar refractivity (Wildman–Crippen MR) is 103 cm³/mol. The zero-order chi connectivity index (χ0) is 16.7. The van der Waals surface area contributed by atoms with E-state index in [2.05, 4.69) is 6.92 Å². The Hall–Kier alpha value is -0.540. The predicted octanol–water partition coefficient (Wildman–Crippen LogP) is 7.38. The van der Waals surface area contributed by atoms with E-state index >= 15 is 0 Å². The fourth-order valence-electron chi connectivity index (χ4n) is 2.08. The van der Waals surface area contributed by atoms with Crippen molar-refractivity contribution >= 4 is 46.6 Å². The molecule has 0 amide bonds. The third-order valence-electron chi connectivity index (χ3n) is 3.32. The molecule has 1 nitrogen and oxygen atoms in total. The number of hydrogen-bond acceptors (Lipinski definition) is 2. The Morgan fingerprint density at radius 2 is 1.70 bits per heavy atom. The van der Waals surface area contributed by atoms with Gasteiger partial charge in [-0.05, 0) is 48.9 Å². The summed E-state index contributed by atoms with van der Waals surface area (Å²) in [6.45, 7) is 2.18. The minimum atomic E-state index is 0.106. The van der Waals surface area contributed by atoms with Crippen molar-refractivity contribution in [3.05, 3.63) is 57.5 Å². The quantitative estimate of drug-likeness (QED) is 0.436. The first-order chi connectivity index (χ1) is 11.1. The van der Waals surface area contributed by atoms with E-state index in [1.807, 2.05) is 30.3 Å². The van der Waals surface area contributed by atoms with E-state index in [4.69, 9.17) is 39.5 Å². The highest BCUT2D eigenvalue weighted by Crippen LogP contribution is 2.30. The van der Waals surface area contributed by atoms with Crippen LogP contribution in [-0.4, -0.2) is 11.9 Å². The second-order valence-corrected chi connectivity index (χ2v) is 7.60. The summed E-state index contributed by atoms with van der Waals surface area (Å²) in [7, 11) is 0. The normalized spacial score (nSPS) is 12.2. The molecule has 0 heterocycles. The molecule has 1 unspecified atom stereocenters. The van der Waals surface area contributed by atoms with Gasteiger partial charge in [-0.1, -0.05) is 54.6 Å². The molecule has 0 saturated carbocycles. The van der Waals surface area contributed by atoms with Crippen LogP contribution in [0, 0.1) is 0 Å². The average Bonchev–Trinajstić information content (AvgIpc) is 2.53. The van der Waals surface area contributed by atoms with Gasteiger partial charge in [0.25, 0.3) is 0 Å². The van der Waals surface area contributed by atoms with Gasteiger partial charge < -0.3 is 4.74 Å². The fourth-order valence-corrected chi connectivity index (χ4v) is 3.60. The van der Waals surface area contributed by atoms with Gasteiger partial charge in [0, 0.05) is 20.7 Å². The Labute approximate surface area is 157 Å². The molecule has 0 bridgehead atoms. The molecule has 5 heteroatoms. The lowest BCUT2D eigenvalue weighted by atomic mass is 10.2. The summed E-state index contributed by atoms with van der Waals surface area (Å²) < 4.78 is 6.11. The first kappa shape index (κ1) is 18.8. The minimum absolute atomic E-state index is 0.106. The molecule has 0 aliphatic carbocycles. The fraction of sp³-hybridized carbons (Fsp3) is 0.333. The number of halogens is 3. The number of benzene rings is 2. The van der Waals surface area contributed by atoms with Crippen LogP contribution in [0.1, 0.15) is 26.2 Å². The molecule has 0 radical (unpaired) electrons. The van der Waals surface area contributed by atoms with Crippen molar-refractivity contribution in [2.75, 3.05) is 5.75 Å². The summed E-state index contributed by atoms with van der Waals surface area (Å²) >= 11 is 19.8. The molecule has 2 aromatic rings. The summed E-state index contributed by atoms with van der Waals surface area (Å²) in [5.41, 5.74) is 0. The third-order valence-corrected chi connectivity index (χ3v) is 5.24. The Balaban J connectivity index is 1.99. The number of unbranched alkanes of at least 4 members (excludes halogenated alkanes) is 1. The summed E-state index contributed by atoms with van der Waals surface area (Å²) in [5.74, 6) is 1.55. The first-order valence-corrected chi connectivity index (χ1v) is 9.70. The molecule has 1 atom stereocenters. The Morgan fingerprint density at radius 1 is 1.00 bits per heavy atom. The molecule has 0 aromatic heterocycles. The van der Waals surface area contributed by atoms with Crippen LogP contribution in [0.25, 0.3) is 0 Å². The van der Waals surface area contributed by atoms with E-state index in [9.17, 15) is 0 Å². The van der Waals surface area contributed by atoms with Crippen LogP contribution in [0.4, 0.5) is 0 Å². The zero-order valence-electron chi connectivity index (χ0n) is 12.9. The van der Waals surface area contributed by atoms with E-state index in [1.165, 1.54) is 4.90 Å². The highest BCUT2D eigenvalue weighted by molar-refractivity contribution is 7.99. The standard InChI is InChI=1S/C18H19Cl3OS/c1-2-3-4-15(12-23-16-8-5-13(19)6-9-16)22-18-10-7-14(20)11-17(18)21/h5-11,15H,2-4,12H2,1H3. The van der Waals surface area contributed by atoms with Gasteiger partial charge in [-0.15, -0.1) is 11.8 Å². The number of hydrogen-bond donors (Lipinski definition) is 0. The number of ether oxygens (including phenoxy) is 1. The largest absolute Gasteiger partial charge is 0.488 e. The monoisotopic (exact) mass is 388 g/mol.